The van der Waals surface area contributed by atoms with Gasteiger partial charge in [0.15, 0.2) is 23.0 Å². The number of hydrazine groups is 1. The molecule has 342 valence electrons. The van der Waals surface area contributed by atoms with Gasteiger partial charge in [-0.3, -0.25) is 29.8 Å². The van der Waals surface area contributed by atoms with Crippen molar-refractivity contribution in [2.45, 2.75) is 77.9 Å². The Bertz CT molecular complexity index is 2670. The van der Waals surface area contributed by atoms with Gasteiger partial charge in [-0.25, -0.2) is 0 Å². The molecule has 12 heteroatoms. The maximum Gasteiger partial charge on any atom is 0.387 e. The van der Waals surface area contributed by atoms with Gasteiger partial charge in [-0.15, -0.1) is 0 Å². The van der Waals surface area contributed by atoms with Gasteiger partial charge in [0.1, 0.15) is 6.61 Å². The average molecular weight is 893 g/mol. The second kappa shape index (κ2) is 21.2. The van der Waals surface area contributed by atoms with Crippen molar-refractivity contribution in [3.8, 4) is 23.0 Å². The zero-order valence-electron chi connectivity index (χ0n) is 37.8. The Balaban J connectivity index is 0.973. The highest BCUT2D eigenvalue weighted by atomic mass is 19.3. The molecule has 66 heavy (non-hydrogen) atoms. The van der Waals surface area contributed by atoms with Crippen LogP contribution in [0, 0.1) is 0 Å². The molecule has 2 saturated heterocycles. The number of hydrogen-bond acceptors (Lipinski definition) is 10. The first kappa shape index (κ1) is 44.7. The largest absolute Gasteiger partial charge is 0.490 e. The molecule has 5 aromatic carbocycles. The van der Waals surface area contributed by atoms with Crippen molar-refractivity contribution in [1.82, 2.24) is 19.8 Å². The second-order valence-corrected chi connectivity index (χ2v) is 17.1. The summed E-state index contributed by atoms with van der Waals surface area (Å²) in [5.74, 6) is 1.92. The van der Waals surface area contributed by atoms with Crippen LogP contribution in [0.5, 0.6) is 23.0 Å². The highest BCUT2D eigenvalue weighted by Gasteiger charge is 2.36. The molecule has 0 saturated carbocycles. The molecule has 0 amide bonds. The molecule has 2 aliphatic heterocycles. The summed E-state index contributed by atoms with van der Waals surface area (Å²) in [4.78, 5) is 15.0. The van der Waals surface area contributed by atoms with Crippen LogP contribution in [0.1, 0.15) is 56.2 Å². The Labute approximate surface area is 386 Å². The van der Waals surface area contributed by atoms with Gasteiger partial charge in [-0.2, -0.15) is 8.78 Å². The number of fused-ring (bicyclic) bond motifs is 2. The van der Waals surface area contributed by atoms with Crippen molar-refractivity contribution in [3.63, 3.8) is 0 Å². The van der Waals surface area contributed by atoms with Crippen molar-refractivity contribution in [2.24, 2.45) is 0 Å². The Kier molecular flexibility index (Phi) is 14.4. The summed E-state index contributed by atoms with van der Waals surface area (Å²) in [6, 6.07) is 43.4. The highest BCUT2D eigenvalue weighted by molar-refractivity contribution is 5.84. The number of likely N-dealkylation sites (tertiary alicyclic amines) is 2. The van der Waals surface area contributed by atoms with E-state index >= 15 is 0 Å². The Morgan fingerprint density at radius 2 is 1.00 bits per heavy atom. The smallest absolute Gasteiger partial charge is 0.387 e. The van der Waals surface area contributed by atoms with Crippen LogP contribution in [-0.2, 0) is 19.7 Å². The van der Waals surface area contributed by atoms with Gasteiger partial charge in [0.2, 0.25) is 0 Å². The molecular formula is C54H58F2N6O4. The number of para-hydroxylation sites is 2. The van der Waals surface area contributed by atoms with Crippen molar-refractivity contribution in [3.05, 3.63) is 156 Å². The number of hydrogen-bond donors (Lipinski definition) is 0. The number of piperidine rings is 2. The van der Waals surface area contributed by atoms with Crippen LogP contribution in [0.3, 0.4) is 0 Å². The van der Waals surface area contributed by atoms with Gasteiger partial charge in [0.25, 0.3) is 0 Å². The van der Waals surface area contributed by atoms with E-state index in [1.54, 1.807) is 6.07 Å². The summed E-state index contributed by atoms with van der Waals surface area (Å²) < 4.78 is 49.1. The Morgan fingerprint density at radius 3 is 1.50 bits per heavy atom. The molecule has 0 bridgehead atoms. The van der Waals surface area contributed by atoms with E-state index in [9.17, 15) is 8.78 Å². The summed E-state index contributed by atoms with van der Waals surface area (Å²) in [6.07, 6.45) is 7.79. The minimum Gasteiger partial charge on any atom is -0.490 e. The Morgan fingerprint density at radius 1 is 0.530 bits per heavy atom. The molecule has 7 aromatic rings. The van der Waals surface area contributed by atoms with Crippen LogP contribution >= 0.6 is 0 Å². The molecule has 2 aromatic heterocycles. The summed E-state index contributed by atoms with van der Waals surface area (Å²) in [5, 5.41) is 7.28. The van der Waals surface area contributed by atoms with Gasteiger partial charge < -0.3 is 18.9 Å². The van der Waals surface area contributed by atoms with Crippen LogP contribution in [0.4, 0.5) is 20.2 Å². The summed E-state index contributed by atoms with van der Waals surface area (Å²) in [7, 11) is 0. The van der Waals surface area contributed by atoms with E-state index in [1.165, 1.54) is 5.56 Å². The van der Waals surface area contributed by atoms with E-state index in [0.717, 1.165) is 114 Å². The van der Waals surface area contributed by atoms with Crippen LogP contribution in [-0.4, -0.2) is 77.9 Å². The minimum absolute atomic E-state index is 0.0534. The van der Waals surface area contributed by atoms with E-state index in [2.05, 4.69) is 92.6 Å². The number of nitrogens with zero attached hydrogens (tertiary/aromatic N) is 6. The zero-order chi connectivity index (χ0) is 45.2. The normalized spacial score (nSPS) is 15.3. The zero-order valence-corrected chi connectivity index (χ0v) is 37.8. The molecule has 4 heterocycles. The lowest BCUT2D eigenvalue weighted by molar-refractivity contribution is -0.0514. The maximum atomic E-state index is 13.2. The molecule has 9 rings (SSSR count). The Hall–Kier alpha value is -6.50. The lowest BCUT2D eigenvalue weighted by atomic mass is 9.99. The SMILES string of the molecule is CCOc1cc(CN2CCC(N(c3cnc4ccccc4c3)N(c3cnc4ccccc4c3)C3CCN(Cc4ccc(OC(F)F)c(OCC)c4)CC3)CC2)ccc1OCc1ccccc1. The summed E-state index contributed by atoms with van der Waals surface area (Å²) in [6.45, 7) is 7.35. The van der Waals surface area contributed by atoms with E-state index in [1.807, 2.05) is 74.8 Å². The lowest BCUT2D eigenvalue weighted by Crippen LogP contribution is -2.59. The number of rotatable bonds is 18. The van der Waals surface area contributed by atoms with Crippen molar-refractivity contribution in [1.29, 1.82) is 0 Å². The molecule has 0 N–H and O–H groups in total. The first-order chi connectivity index (χ1) is 32.4. The molecule has 0 radical (unpaired) electrons. The lowest BCUT2D eigenvalue weighted by Gasteiger charge is -2.50. The molecule has 0 aliphatic carbocycles. The van der Waals surface area contributed by atoms with Crippen molar-refractivity contribution < 1.29 is 27.7 Å². The number of pyridine rings is 2. The van der Waals surface area contributed by atoms with Gasteiger partial charge in [0, 0.05) is 50.0 Å². The maximum absolute atomic E-state index is 13.2. The molecule has 0 spiro atoms. The van der Waals surface area contributed by atoms with Gasteiger partial charge >= 0.3 is 6.61 Å². The molecular weight excluding hydrogens is 835 g/mol. The van der Waals surface area contributed by atoms with Gasteiger partial charge in [-0.1, -0.05) is 78.9 Å². The third-order valence-corrected chi connectivity index (χ3v) is 12.6. The van der Waals surface area contributed by atoms with Gasteiger partial charge in [0.05, 0.1) is 60.1 Å². The fourth-order valence-corrected chi connectivity index (χ4v) is 9.44. The first-order valence-electron chi connectivity index (χ1n) is 23.3. The van der Waals surface area contributed by atoms with Crippen LogP contribution in [0.2, 0.25) is 0 Å². The van der Waals surface area contributed by atoms with Gasteiger partial charge in [-0.05, 0) is 105 Å². The van der Waals surface area contributed by atoms with E-state index in [0.29, 0.717) is 32.1 Å². The minimum atomic E-state index is -2.92. The third-order valence-electron chi connectivity index (χ3n) is 12.6. The number of halogens is 2. The predicted octanol–water partition coefficient (Wildman–Crippen LogP) is 11.3. The number of alkyl halides is 2. The quantitative estimate of drug-likeness (QED) is 0.0778. The van der Waals surface area contributed by atoms with E-state index in [4.69, 9.17) is 28.9 Å². The van der Waals surface area contributed by atoms with E-state index in [-0.39, 0.29) is 17.8 Å². The number of ether oxygens (including phenoxy) is 4. The number of anilines is 2. The fourth-order valence-electron chi connectivity index (χ4n) is 9.44. The average Bonchev–Trinajstić information content (AvgIpc) is 3.34. The summed E-state index contributed by atoms with van der Waals surface area (Å²) >= 11 is 0. The topological polar surface area (TPSA) is 75.7 Å². The molecule has 0 unspecified atom stereocenters. The van der Waals surface area contributed by atoms with Crippen LogP contribution in [0.25, 0.3) is 21.8 Å². The van der Waals surface area contributed by atoms with Crippen molar-refractivity contribution >= 4 is 33.2 Å². The molecule has 2 aliphatic rings. The fraction of sp³-hybridized carbons (Fsp3) is 0.333. The summed E-state index contributed by atoms with van der Waals surface area (Å²) in [5.41, 5.74) is 7.34. The second-order valence-electron chi connectivity index (χ2n) is 17.1. The molecule has 10 nitrogen and oxygen atoms in total. The molecule has 0 atom stereocenters. The van der Waals surface area contributed by atoms with E-state index < -0.39 is 6.61 Å². The standard InChI is InChI=1S/C54H58F2N6O4/c1-3-63-52-30-40(18-20-50(52)65-38-39-12-6-5-7-13-39)36-59-26-22-44(23-27-59)61(46-32-42-14-8-10-16-48(42)57-34-46)62(47-33-43-15-9-11-17-49(43)58-35-47)45-24-28-60(29-25-45)37-41-19-21-51(66-54(55)56)53(31-41)64-4-2/h5-21,30-35,44-45,54H,3-4,22-29,36-38H2,1-2H3. The van der Waals surface area contributed by atoms with Crippen LogP contribution < -0.4 is 29.0 Å². The first-order valence-corrected chi connectivity index (χ1v) is 23.3. The monoisotopic (exact) mass is 892 g/mol. The molecule has 2 fully saturated rings. The predicted molar refractivity (Wildman–Crippen MR) is 258 cm³/mol. The highest BCUT2D eigenvalue weighted by Crippen LogP contribution is 2.37. The number of benzene rings is 5. The number of aromatic nitrogens is 2. The third kappa shape index (κ3) is 10.8. The van der Waals surface area contributed by atoms with Crippen molar-refractivity contribution in [2.75, 3.05) is 49.4 Å². The van der Waals surface area contributed by atoms with Crippen LogP contribution in [0.15, 0.2) is 140 Å².